The first-order valence-corrected chi connectivity index (χ1v) is 10.6. The van der Waals surface area contributed by atoms with Crippen molar-refractivity contribution in [1.29, 1.82) is 0 Å². The molecule has 152 valence electrons. The predicted octanol–water partition coefficient (Wildman–Crippen LogP) is 7.19. The van der Waals surface area contributed by atoms with E-state index in [0.717, 1.165) is 11.1 Å². The fourth-order valence-corrected chi connectivity index (χ4v) is 4.35. The number of hydrogen-bond donors (Lipinski definition) is 0. The van der Waals surface area contributed by atoms with Crippen LogP contribution in [0, 0.1) is 26.6 Å². The third-order valence-electron chi connectivity index (χ3n) is 6.15. The number of hydrogen-bond acceptors (Lipinski definition) is 0. The van der Waals surface area contributed by atoms with E-state index in [0.29, 0.717) is 5.92 Å². The highest BCUT2D eigenvalue weighted by atomic mass is 19.1. The second-order valence-corrected chi connectivity index (χ2v) is 8.72. The zero-order chi connectivity index (χ0) is 21.6. The molecule has 0 aliphatic heterocycles. The van der Waals surface area contributed by atoms with Crippen LogP contribution in [0.4, 0.5) is 4.39 Å². The maximum absolute atomic E-state index is 13.5. The molecule has 2 heteroatoms. The van der Waals surface area contributed by atoms with E-state index >= 15 is 0 Å². The van der Waals surface area contributed by atoms with Crippen molar-refractivity contribution in [2.45, 2.75) is 40.5 Å². The van der Waals surface area contributed by atoms with E-state index in [1.165, 1.54) is 56.4 Å². The number of aryl methyl sites for hydroxylation is 3. The second-order valence-electron chi connectivity index (χ2n) is 8.72. The van der Waals surface area contributed by atoms with E-state index in [9.17, 15) is 4.39 Å². The van der Waals surface area contributed by atoms with Crippen molar-refractivity contribution in [2.24, 2.45) is 7.05 Å². The summed E-state index contributed by atoms with van der Waals surface area (Å²) in [5.74, 6) is 0.236. The number of rotatable bonds is 3. The molecule has 30 heavy (non-hydrogen) atoms. The van der Waals surface area contributed by atoms with Crippen LogP contribution < -0.4 is 4.57 Å². The fourth-order valence-electron chi connectivity index (χ4n) is 4.35. The molecule has 0 bridgehead atoms. The topological polar surface area (TPSA) is 3.88 Å². The lowest BCUT2D eigenvalue weighted by Crippen LogP contribution is -2.31. The summed E-state index contributed by atoms with van der Waals surface area (Å²) in [5, 5.41) is 2.43. The zero-order valence-corrected chi connectivity index (χ0v) is 18.7. The molecule has 0 saturated heterocycles. The summed E-state index contributed by atoms with van der Waals surface area (Å²) >= 11 is 0. The minimum Gasteiger partial charge on any atom is -0.207 e. The summed E-state index contributed by atoms with van der Waals surface area (Å²) in [4.78, 5) is 0. The van der Waals surface area contributed by atoms with E-state index in [2.05, 4.69) is 82.8 Å². The van der Waals surface area contributed by atoms with Crippen LogP contribution >= 0.6 is 0 Å². The van der Waals surface area contributed by atoms with Crippen molar-refractivity contribution in [2.75, 3.05) is 0 Å². The van der Waals surface area contributed by atoms with Crippen LogP contribution in [0.3, 0.4) is 0 Å². The van der Waals surface area contributed by atoms with Gasteiger partial charge in [0.05, 0.1) is 16.5 Å². The number of pyridine rings is 1. The van der Waals surface area contributed by atoms with Gasteiger partial charge in [0.2, 0.25) is 5.69 Å². The molecule has 0 fully saturated rings. The molecule has 0 atom stereocenters. The average Bonchev–Trinajstić information content (AvgIpc) is 2.70. The first-order chi connectivity index (χ1) is 14.3. The molecule has 0 spiro atoms. The van der Waals surface area contributed by atoms with E-state index in [1.54, 1.807) is 0 Å². The highest BCUT2D eigenvalue weighted by Crippen LogP contribution is 2.36. The van der Waals surface area contributed by atoms with Gasteiger partial charge in [0.15, 0.2) is 6.20 Å². The molecule has 1 aromatic heterocycles. The molecular formula is C28H29FN+. The highest BCUT2D eigenvalue weighted by molar-refractivity contribution is 6.02. The summed E-state index contributed by atoms with van der Waals surface area (Å²) in [7, 11) is 2.11. The SMILES string of the molecule is Cc1cc(C)c(C)c(-c2c3cc(C(C)C)ccc3c(-c3ccc(F)cc3)c[n+]2C)c1. The van der Waals surface area contributed by atoms with Gasteiger partial charge in [-0.25, -0.2) is 4.39 Å². The van der Waals surface area contributed by atoms with Crippen LogP contribution in [0.1, 0.15) is 42.0 Å². The Kier molecular flexibility index (Phi) is 5.19. The molecule has 0 radical (unpaired) electrons. The van der Waals surface area contributed by atoms with Gasteiger partial charge in [-0.3, -0.25) is 0 Å². The summed E-state index contributed by atoms with van der Waals surface area (Å²) in [6.07, 6.45) is 2.18. The third kappa shape index (κ3) is 3.52. The number of benzene rings is 3. The molecule has 0 aliphatic rings. The zero-order valence-electron chi connectivity index (χ0n) is 18.7. The van der Waals surface area contributed by atoms with Crippen LogP contribution in [-0.4, -0.2) is 0 Å². The van der Waals surface area contributed by atoms with Gasteiger partial charge in [-0.2, -0.15) is 4.57 Å². The first kappa shape index (κ1) is 20.3. The molecule has 1 nitrogen and oxygen atoms in total. The summed E-state index contributed by atoms with van der Waals surface area (Å²) in [6, 6.07) is 18.1. The van der Waals surface area contributed by atoms with Gasteiger partial charge in [0.25, 0.3) is 0 Å². The summed E-state index contributed by atoms with van der Waals surface area (Å²) < 4.78 is 15.8. The fraction of sp³-hybridized carbons (Fsp3) is 0.250. The maximum atomic E-state index is 13.5. The Hall–Kier alpha value is -3.00. The summed E-state index contributed by atoms with van der Waals surface area (Å²) in [6.45, 7) is 11.0. The van der Waals surface area contributed by atoms with Crippen molar-refractivity contribution in [1.82, 2.24) is 0 Å². The van der Waals surface area contributed by atoms with E-state index < -0.39 is 0 Å². The van der Waals surface area contributed by atoms with Gasteiger partial charge in [0, 0.05) is 5.39 Å². The predicted molar refractivity (Wildman–Crippen MR) is 124 cm³/mol. The second kappa shape index (κ2) is 7.68. The number of nitrogens with zero attached hydrogens (tertiary/aromatic N) is 1. The Balaban J connectivity index is 2.11. The Morgan fingerprint density at radius 2 is 1.50 bits per heavy atom. The van der Waals surface area contributed by atoms with Gasteiger partial charge < -0.3 is 0 Å². The van der Waals surface area contributed by atoms with Crippen molar-refractivity contribution in [3.63, 3.8) is 0 Å². The number of halogens is 1. The summed E-state index contributed by atoms with van der Waals surface area (Å²) in [5.41, 5.74) is 9.84. The Morgan fingerprint density at radius 3 is 2.17 bits per heavy atom. The van der Waals surface area contributed by atoms with Gasteiger partial charge in [-0.15, -0.1) is 0 Å². The van der Waals surface area contributed by atoms with Crippen molar-refractivity contribution in [3.8, 4) is 22.4 Å². The monoisotopic (exact) mass is 398 g/mol. The molecule has 0 unspecified atom stereocenters. The van der Waals surface area contributed by atoms with Crippen LogP contribution in [0.25, 0.3) is 33.2 Å². The van der Waals surface area contributed by atoms with Crippen LogP contribution in [0.2, 0.25) is 0 Å². The van der Waals surface area contributed by atoms with E-state index in [4.69, 9.17) is 0 Å². The van der Waals surface area contributed by atoms with Crippen molar-refractivity contribution >= 4 is 10.8 Å². The molecule has 0 N–H and O–H groups in total. The molecule has 1 heterocycles. The number of aromatic nitrogens is 1. The van der Waals surface area contributed by atoms with E-state index in [1.807, 2.05) is 12.1 Å². The van der Waals surface area contributed by atoms with Gasteiger partial charge in [-0.1, -0.05) is 49.7 Å². The molecule has 4 rings (SSSR count). The molecule has 0 saturated carbocycles. The van der Waals surface area contributed by atoms with E-state index in [-0.39, 0.29) is 5.82 Å². The Labute approximate surface area is 178 Å². The molecule has 3 aromatic carbocycles. The lowest BCUT2D eigenvalue weighted by molar-refractivity contribution is -0.658. The van der Waals surface area contributed by atoms with Crippen molar-refractivity contribution < 1.29 is 8.96 Å². The average molecular weight is 399 g/mol. The maximum Gasteiger partial charge on any atom is 0.220 e. The Morgan fingerprint density at radius 1 is 0.800 bits per heavy atom. The number of fused-ring (bicyclic) bond motifs is 1. The van der Waals surface area contributed by atoms with Crippen LogP contribution in [0.5, 0.6) is 0 Å². The van der Waals surface area contributed by atoms with Crippen LogP contribution in [0.15, 0.2) is 60.8 Å². The first-order valence-electron chi connectivity index (χ1n) is 10.6. The smallest absolute Gasteiger partial charge is 0.207 e. The molecule has 0 aliphatic carbocycles. The van der Waals surface area contributed by atoms with Gasteiger partial charge in [-0.05, 0) is 73.2 Å². The minimum absolute atomic E-state index is 0.211. The quantitative estimate of drug-likeness (QED) is 0.322. The highest BCUT2D eigenvalue weighted by Gasteiger charge is 2.22. The Bertz CT molecular complexity index is 1250. The lowest BCUT2D eigenvalue weighted by atomic mass is 9.90. The molecule has 4 aromatic rings. The van der Waals surface area contributed by atoms with Gasteiger partial charge >= 0.3 is 0 Å². The molecule has 0 amide bonds. The van der Waals surface area contributed by atoms with Crippen LogP contribution in [-0.2, 0) is 7.05 Å². The largest absolute Gasteiger partial charge is 0.220 e. The van der Waals surface area contributed by atoms with Gasteiger partial charge in [0.1, 0.15) is 12.9 Å². The molecular weight excluding hydrogens is 369 g/mol. The third-order valence-corrected chi connectivity index (χ3v) is 6.15. The lowest BCUT2D eigenvalue weighted by Gasteiger charge is -2.15. The standard InChI is InChI=1S/C28H29FN/c1-17(2)22-9-12-24-26(15-22)28(25-14-18(3)13-19(4)20(25)5)30(6)16-27(24)21-7-10-23(29)11-8-21/h7-17H,1-6H3/q+1. The minimum atomic E-state index is -0.211. The van der Waals surface area contributed by atoms with Crippen molar-refractivity contribution in [3.05, 3.63) is 88.9 Å². The normalized spacial score (nSPS) is 11.5.